The fourth-order valence-electron chi connectivity index (χ4n) is 0.852. The Morgan fingerprint density at radius 3 is 2.57 bits per heavy atom. The quantitative estimate of drug-likeness (QED) is 0.777. The second-order valence-corrected chi connectivity index (χ2v) is 4.96. The molecular formula is C10H17N3S. The van der Waals surface area contributed by atoms with Crippen LogP contribution in [-0.4, -0.2) is 22.3 Å². The van der Waals surface area contributed by atoms with E-state index in [1.54, 1.807) is 18.0 Å². The van der Waals surface area contributed by atoms with E-state index in [-0.39, 0.29) is 0 Å². The molecule has 1 aromatic rings. The molecule has 1 atom stereocenters. The summed E-state index contributed by atoms with van der Waals surface area (Å²) in [6, 6.07) is 0. The van der Waals surface area contributed by atoms with Crippen LogP contribution in [0.2, 0.25) is 0 Å². The van der Waals surface area contributed by atoms with Crippen molar-refractivity contribution in [2.45, 2.75) is 31.0 Å². The van der Waals surface area contributed by atoms with Crippen molar-refractivity contribution < 1.29 is 0 Å². The summed E-state index contributed by atoms with van der Waals surface area (Å²) in [5.74, 6) is 1.48. The van der Waals surface area contributed by atoms with Crippen molar-refractivity contribution in [3.05, 3.63) is 12.4 Å². The van der Waals surface area contributed by atoms with Crippen LogP contribution in [0.25, 0.3) is 0 Å². The minimum absolute atomic E-state index is 0.566. The Morgan fingerprint density at radius 2 is 2.00 bits per heavy atom. The fourth-order valence-corrected chi connectivity index (χ4v) is 1.78. The monoisotopic (exact) mass is 211 g/mol. The predicted octanol–water partition coefficient (Wildman–Crippen LogP) is 2.65. The minimum Gasteiger partial charge on any atom is -0.372 e. The first kappa shape index (κ1) is 11.3. The first-order valence-corrected chi connectivity index (χ1v) is 5.68. The standard InChI is InChI=1S/C10H17N3S/c1-7(2)8(3)14-10-6-12-5-9(11-4)13-10/h5-8H,1-4H3,(H,11,13). The molecule has 4 heteroatoms. The van der Waals surface area contributed by atoms with E-state index >= 15 is 0 Å². The van der Waals surface area contributed by atoms with E-state index in [0.717, 1.165) is 10.8 Å². The van der Waals surface area contributed by atoms with Gasteiger partial charge in [-0.1, -0.05) is 20.8 Å². The molecule has 78 valence electrons. The molecule has 0 aromatic carbocycles. The van der Waals surface area contributed by atoms with Crippen LogP contribution in [0.5, 0.6) is 0 Å². The molecule has 0 aliphatic carbocycles. The van der Waals surface area contributed by atoms with Crippen molar-refractivity contribution in [3.8, 4) is 0 Å². The third-order valence-electron chi connectivity index (χ3n) is 2.11. The van der Waals surface area contributed by atoms with Crippen LogP contribution in [-0.2, 0) is 0 Å². The Balaban J connectivity index is 2.66. The molecule has 1 heterocycles. The van der Waals surface area contributed by atoms with Crippen molar-refractivity contribution >= 4 is 17.6 Å². The Bertz CT molecular complexity index is 288. The molecule has 14 heavy (non-hydrogen) atoms. The van der Waals surface area contributed by atoms with Gasteiger partial charge in [-0.3, -0.25) is 4.98 Å². The van der Waals surface area contributed by atoms with Crippen LogP contribution >= 0.6 is 11.8 Å². The molecule has 0 aliphatic heterocycles. The zero-order valence-corrected chi connectivity index (χ0v) is 9.93. The molecule has 0 radical (unpaired) electrons. The molecule has 0 bridgehead atoms. The van der Waals surface area contributed by atoms with E-state index in [0.29, 0.717) is 11.2 Å². The van der Waals surface area contributed by atoms with Gasteiger partial charge in [0.1, 0.15) is 10.8 Å². The first-order chi connectivity index (χ1) is 6.63. The number of hydrogen-bond donors (Lipinski definition) is 1. The lowest BCUT2D eigenvalue weighted by molar-refractivity contribution is 0.641. The molecular weight excluding hydrogens is 194 g/mol. The highest BCUT2D eigenvalue weighted by Gasteiger charge is 2.09. The maximum absolute atomic E-state index is 4.40. The second-order valence-electron chi connectivity index (χ2n) is 3.56. The highest BCUT2D eigenvalue weighted by atomic mass is 32.2. The number of nitrogens with one attached hydrogen (secondary N) is 1. The van der Waals surface area contributed by atoms with E-state index in [4.69, 9.17) is 0 Å². The number of thioether (sulfide) groups is 1. The number of aromatic nitrogens is 2. The maximum Gasteiger partial charge on any atom is 0.145 e. The summed E-state index contributed by atoms with van der Waals surface area (Å²) in [7, 11) is 1.85. The zero-order valence-electron chi connectivity index (χ0n) is 9.11. The van der Waals surface area contributed by atoms with E-state index < -0.39 is 0 Å². The second kappa shape index (κ2) is 5.20. The molecule has 0 saturated carbocycles. The van der Waals surface area contributed by atoms with Gasteiger partial charge in [0.15, 0.2) is 0 Å². The molecule has 1 N–H and O–H groups in total. The highest BCUT2D eigenvalue weighted by Crippen LogP contribution is 2.26. The molecule has 0 saturated heterocycles. The highest BCUT2D eigenvalue weighted by molar-refractivity contribution is 7.99. The topological polar surface area (TPSA) is 37.8 Å². The number of rotatable bonds is 4. The van der Waals surface area contributed by atoms with Crippen LogP contribution in [0, 0.1) is 5.92 Å². The van der Waals surface area contributed by atoms with Crippen molar-refractivity contribution in [3.63, 3.8) is 0 Å². The lowest BCUT2D eigenvalue weighted by Crippen LogP contribution is -2.06. The van der Waals surface area contributed by atoms with Gasteiger partial charge < -0.3 is 5.32 Å². The van der Waals surface area contributed by atoms with Gasteiger partial charge in [-0.15, -0.1) is 11.8 Å². The van der Waals surface area contributed by atoms with Crippen molar-refractivity contribution in [1.82, 2.24) is 9.97 Å². The fraction of sp³-hybridized carbons (Fsp3) is 0.600. The molecule has 1 aromatic heterocycles. The summed E-state index contributed by atoms with van der Waals surface area (Å²) in [5.41, 5.74) is 0. The first-order valence-electron chi connectivity index (χ1n) is 4.80. The SMILES string of the molecule is CNc1cncc(SC(C)C(C)C)n1. The molecule has 3 nitrogen and oxygen atoms in total. The van der Waals surface area contributed by atoms with Crippen LogP contribution in [0.15, 0.2) is 17.4 Å². The number of anilines is 1. The van der Waals surface area contributed by atoms with Gasteiger partial charge >= 0.3 is 0 Å². The van der Waals surface area contributed by atoms with E-state index in [9.17, 15) is 0 Å². The molecule has 0 fully saturated rings. The largest absolute Gasteiger partial charge is 0.372 e. The Labute approximate surface area is 89.7 Å². The zero-order chi connectivity index (χ0) is 10.6. The molecule has 0 amide bonds. The third kappa shape index (κ3) is 3.18. The minimum atomic E-state index is 0.566. The Morgan fingerprint density at radius 1 is 1.29 bits per heavy atom. The lowest BCUT2D eigenvalue weighted by atomic mass is 10.2. The third-order valence-corrected chi connectivity index (χ3v) is 3.47. The summed E-state index contributed by atoms with van der Waals surface area (Å²) in [4.78, 5) is 8.52. The van der Waals surface area contributed by atoms with Crippen molar-refractivity contribution in [2.24, 2.45) is 5.92 Å². The Hall–Kier alpha value is -0.770. The molecule has 0 spiro atoms. The predicted molar refractivity (Wildman–Crippen MR) is 61.7 cm³/mol. The Kier molecular flexibility index (Phi) is 4.20. The summed E-state index contributed by atoms with van der Waals surface area (Å²) < 4.78 is 0. The summed E-state index contributed by atoms with van der Waals surface area (Å²) in [6.07, 6.45) is 3.54. The van der Waals surface area contributed by atoms with Gasteiger partial charge in [0.05, 0.1) is 12.4 Å². The van der Waals surface area contributed by atoms with Gasteiger partial charge in [0, 0.05) is 12.3 Å². The maximum atomic E-state index is 4.40. The van der Waals surface area contributed by atoms with E-state index in [2.05, 4.69) is 36.1 Å². The smallest absolute Gasteiger partial charge is 0.145 e. The van der Waals surface area contributed by atoms with Gasteiger partial charge in [0.2, 0.25) is 0 Å². The molecule has 0 aliphatic rings. The van der Waals surface area contributed by atoms with Gasteiger partial charge in [-0.2, -0.15) is 0 Å². The van der Waals surface area contributed by atoms with Gasteiger partial charge in [-0.05, 0) is 5.92 Å². The molecule has 1 rings (SSSR count). The number of hydrogen-bond acceptors (Lipinski definition) is 4. The molecule has 1 unspecified atom stereocenters. The summed E-state index contributed by atoms with van der Waals surface area (Å²) in [5, 5.41) is 4.53. The average molecular weight is 211 g/mol. The van der Waals surface area contributed by atoms with Crippen molar-refractivity contribution in [1.29, 1.82) is 0 Å². The summed E-state index contributed by atoms with van der Waals surface area (Å²) in [6.45, 7) is 6.64. The van der Waals surface area contributed by atoms with Crippen LogP contribution in [0.4, 0.5) is 5.82 Å². The average Bonchev–Trinajstić information content (AvgIpc) is 2.18. The summed E-state index contributed by atoms with van der Waals surface area (Å²) >= 11 is 1.77. The number of nitrogens with zero attached hydrogens (tertiary/aromatic N) is 2. The van der Waals surface area contributed by atoms with Crippen molar-refractivity contribution in [2.75, 3.05) is 12.4 Å². The van der Waals surface area contributed by atoms with Gasteiger partial charge in [-0.25, -0.2) is 4.98 Å². The van der Waals surface area contributed by atoms with Crippen LogP contribution in [0.3, 0.4) is 0 Å². The van der Waals surface area contributed by atoms with E-state index in [1.165, 1.54) is 0 Å². The van der Waals surface area contributed by atoms with Crippen LogP contribution < -0.4 is 5.32 Å². The van der Waals surface area contributed by atoms with Gasteiger partial charge in [0.25, 0.3) is 0 Å². The van der Waals surface area contributed by atoms with Crippen LogP contribution in [0.1, 0.15) is 20.8 Å². The lowest BCUT2D eigenvalue weighted by Gasteiger charge is -2.14. The van der Waals surface area contributed by atoms with E-state index in [1.807, 2.05) is 13.2 Å². The normalized spacial score (nSPS) is 12.9.